The molecule has 82 valence electrons. The van der Waals surface area contributed by atoms with E-state index in [0.29, 0.717) is 5.82 Å². The fourth-order valence-corrected chi connectivity index (χ4v) is 1.56. The first kappa shape index (κ1) is 12.5. The molecule has 1 aromatic heterocycles. The van der Waals surface area contributed by atoms with E-state index < -0.39 is 3.79 Å². The molecule has 1 rings (SSSR count). The van der Waals surface area contributed by atoms with Gasteiger partial charge in [-0.3, -0.25) is 4.79 Å². The van der Waals surface area contributed by atoms with E-state index in [4.69, 9.17) is 40.5 Å². The molecule has 0 radical (unpaired) electrons. The number of carbonyl (C=O) groups is 1. The molecule has 0 spiro atoms. The molecule has 2 N–H and O–H groups in total. The van der Waals surface area contributed by atoms with Crippen LogP contribution >= 0.6 is 34.8 Å². The van der Waals surface area contributed by atoms with Crippen LogP contribution in [0.1, 0.15) is 28.8 Å². The first-order chi connectivity index (χ1) is 6.73. The van der Waals surface area contributed by atoms with Gasteiger partial charge in [0.25, 0.3) is 0 Å². The highest BCUT2D eigenvalue weighted by molar-refractivity contribution is 6.66. The number of anilines is 1. The van der Waals surface area contributed by atoms with E-state index in [1.807, 2.05) is 0 Å². The summed E-state index contributed by atoms with van der Waals surface area (Å²) in [6, 6.07) is 0. The van der Waals surface area contributed by atoms with Crippen molar-refractivity contribution in [2.75, 3.05) is 5.73 Å². The Hall–Kier alpha value is -0.580. The van der Waals surface area contributed by atoms with Crippen LogP contribution in [0, 0.1) is 6.92 Å². The Balaban J connectivity index is 3.54. The fraction of sp³-hybridized carbons (Fsp3) is 0.375. The smallest absolute Gasteiger partial charge is 0.233 e. The normalized spacial score (nSPS) is 11.5. The molecule has 1 aromatic rings. The van der Waals surface area contributed by atoms with Crippen LogP contribution in [-0.2, 0) is 3.79 Å². The minimum atomic E-state index is -1.79. The number of aromatic nitrogens is 2. The molecule has 0 saturated heterocycles. The number of alkyl halides is 3. The molecule has 0 saturated carbocycles. The van der Waals surface area contributed by atoms with Gasteiger partial charge < -0.3 is 5.73 Å². The summed E-state index contributed by atoms with van der Waals surface area (Å²) in [5, 5.41) is 0. The van der Waals surface area contributed by atoms with E-state index >= 15 is 0 Å². The summed E-state index contributed by atoms with van der Waals surface area (Å²) >= 11 is 17.1. The van der Waals surface area contributed by atoms with Crippen LogP contribution in [0.4, 0.5) is 5.82 Å². The van der Waals surface area contributed by atoms with Gasteiger partial charge in [-0.25, -0.2) is 9.97 Å². The summed E-state index contributed by atoms with van der Waals surface area (Å²) in [4.78, 5) is 19.1. The molecule has 7 heteroatoms. The van der Waals surface area contributed by atoms with Crippen molar-refractivity contribution >= 4 is 46.4 Å². The average molecular weight is 269 g/mol. The Morgan fingerprint density at radius 3 is 2.27 bits per heavy atom. The maximum atomic E-state index is 11.3. The molecule has 0 aliphatic carbocycles. The predicted molar refractivity (Wildman–Crippen MR) is 60.4 cm³/mol. The summed E-state index contributed by atoms with van der Waals surface area (Å²) in [6.07, 6.45) is 0. The molecule has 4 nitrogen and oxygen atoms in total. The Kier molecular flexibility index (Phi) is 3.43. The molecular formula is C8H8Cl3N3O. The molecular weight excluding hydrogens is 260 g/mol. The molecule has 15 heavy (non-hydrogen) atoms. The van der Waals surface area contributed by atoms with E-state index in [1.54, 1.807) is 6.92 Å². The average Bonchev–Trinajstić information content (AvgIpc) is 1.99. The Bertz CT molecular complexity index is 414. The van der Waals surface area contributed by atoms with Crippen molar-refractivity contribution in [2.45, 2.75) is 17.6 Å². The third-order valence-electron chi connectivity index (χ3n) is 1.67. The summed E-state index contributed by atoms with van der Waals surface area (Å²) in [7, 11) is 0. The minimum Gasteiger partial charge on any atom is -0.383 e. The summed E-state index contributed by atoms with van der Waals surface area (Å²) in [5.41, 5.74) is 5.65. The number of nitrogens with two attached hydrogens (primary N) is 1. The van der Waals surface area contributed by atoms with Gasteiger partial charge in [0.1, 0.15) is 17.3 Å². The topological polar surface area (TPSA) is 68.9 Å². The highest BCUT2D eigenvalue weighted by Gasteiger charge is 2.31. The summed E-state index contributed by atoms with van der Waals surface area (Å²) < 4.78 is -1.79. The second-order valence-electron chi connectivity index (χ2n) is 2.93. The fourth-order valence-electron chi connectivity index (χ4n) is 1.15. The van der Waals surface area contributed by atoms with Crippen LogP contribution in [0.15, 0.2) is 0 Å². The van der Waals surface area contributed by atoms with E-state index in [2.05, 4.69) is 9.97 Å². The van der Waals surface area contributed by atoms with Crippen LogP contribution < -0.4 is 5.73 Å². The monoisotopic (exact) mass is 267 g/mol. The summed E-state index contributed by atoms with van der Waals surface area (Å²) in [5.74, 6) is 0.0315. The number of aryl methyl sites for hydroxylation is 1. The van der Waals surface area contributed by atoms with Gasteiger partial charge in [-0.15, -0.1) is 0 Å². The number of nitrogens with zero attached hydrogens (tertiary/aromatic N) is 2. The lowest BCUT2D eigenvalue weighted by Gasteiger charge is -2.15. The lowest BCUT2D eigenvalue weighted by Crippen LogP contribution is -2.16. The maximum Gasteiger partial charge on any atom is 0.233 e. The number of halogens is 3. The first-order valence-corrected chi connectivity index (χ1v) is 5.09. The van der Waals surface area contributed by atoms with Crippen LogP contribution in [0.5, 0.6) is 0 Å². The zero-order valence-corrected chi connectivity index (χ0v) is 10.3. The quantitative estimate of drug-likeness (QED) is 0.627. The van der Waals surface area contributed by atoms with Crippen molar-refractivity contribution in [3.63, 3.8) is 0 Å². The standard InChI is InChI=1S/C8H8Cl3N3O/c1-3(15)5-6(8(9,10)11)13-4(2)14-7(5)12/h1-2H3,(H2,12,13,14). The number of carbonyl (C=O) groups excluding carboxylic acids is 1. The highest BCUT2D eigenvalue weighted by atomic mass is 35.6. The molecule has 0 aliphatic heterocycles. The van der Waals surface area contributed by atoms with Gasteiger partial charge >= 0.3 is 0 Å². The van der Waals surface area contributed by atoms with Crippen molar-refractivity contribution in [1.82, 2.24) is 9.97 Å². The lowest BCUT2D eigenvalue weighted by molar-refractivity contribution is 0.101. The second kappa shape index (κ2) is 4.12. The van der Waals surface area contributed by atoms with Gasteiger partial charge in [0.05, 0.1) is 5.56 Å². The first-order valence-electron chi connectivity index (χ1n) is 3.95. The van der Waals surface area contributed by atoms with Crippen molar-refractivity contribution in [3.05, 3.63) is 17.1 Å². The Morgan fingerprint density at radius 2 is 1.87 bits per heavy atom. The van der Waals surface area contributed by atoms with Crippen molar-refractivity contribution < 1.29 is 4.79 Å². The zero-order valence-electron chi connectivity index (χ0n) is 8.01. The van der Waals surface area contributed by atoms with E-state index in [-0.39, 0.29) is 22.9 Å². The van der Waals surface area contributed by atoms with Crippen molar-refractivity contribution in [1.29, 1.82) is 0 Å². The minimum absolute atomic E-state index is 0.0185. The lowest BCUT2D eigenvalue weighted by atomic mass is 10.1. The number of ketones is 1. The Labute approximate surface area is 102 Å². The molecule has 0 aromatic carbocycles. The molecule has 0 aliphatic rings. The predicted octanol–water partition coefficient (Wildman–Crippen LogP) is 2.40. The molecule has 0 fully saturated rings. The second-order valence-corrected chi connectivity index (χ2v) is 5.21. The maximum absolute atomic E-state index is 11.3. The van der Waals surface area contributed by atoms with Gasteiger partial charge in [-0.1, -0.05) is 34.8 Å². The van der Waals surface area contributed by atoms with Gasteiger partial charge in [-0.05, 0) is 13.8 Å². The number of Topliss-reactive ketones (excluding diaryl/α,β-unsaturated/α-hetero) is 1. The van der Waals surface area contributed by atoms with Crippen LogP contribution in [0.3, 0.4) is 0 Å². The van der Waals surface area contributed by atoms with Gasteiger partial charge in [0.15, 0.2) is 5.78 Å². The van der Waals surface area contributed by atoms with Gasteiger partial charge in [-0.2, -0.15) is 0 Å². The van der Waals surface area contributed by atoms with E-state index in [9.17, 15) is 4.79 Å². The zero-order chi connectivity index (χ0) is 11.8. The number of hydrogen-bond donors (Lipinski definition) is 1. The van der Waals surface area contributed by atoms with Crippen molar-refractivity contribution in [2.24, 2.45) is 0 Å². The third-order valence-corrected chi connectivity index (χ3v) is 2.21. The van der Waals surface area contributed by atoms with E-state index in [1.165, 1.54) is 6.92 Å². The van der Waals surface area contributed by atoms with E-state index in [0.717, 1.165) is 0 Å². The molecule has 0 unspecified atom stereocenters. The van der Waals surface area contributed by atoms with Crippen molar-refractivity contribution in [3.8, 4) is 0 Å². The van der Waals surface area contributed by atoms with Crippen LogP contribution in [0.2, 0.25) is 0 Å². The van der Waals surface area contributed by atoms with Crippen LogP contribution in [-0.4, -0.2) is 15.8 Å². The number of rotatable bonds is 1. The van der Waals surface area contributed by atoms with Crippen LogP contribution in [0.25, 0.3) is 0 Å². The largest absolute Gasteiger partial charge is 0.383 e. The Morgan fingerprint density at radius 1 is 1.33 bits per heavy atom. The number of nitrogen functional groups attached to an aromatic ring is 1. The molecule has 0 amide bonds. The number of hydrogen-bond acceptors (Lipinski definition) is 4. The highest BCUT2D eigenvalue weighted by Crippen LogP contribution is 2.39. The van der Waals surface area contributed by atoms with Gasteiger partial charge in [0.2, 0.25) is 3.79 Å². The summed E-state index contributed by atoms with van der Waals surface area (Å²) in [6.45, 7) is 2.91. The molecule has 0 bridgehead atoms. The molecule has 0 atom stereocenters. The van der Waals surface area contributed by atoms with Gasteiger partial charge in [0, 0.05) is 0 Å². The third kappa shape index (κ3) is 2.71. The SMILES string of the molecule is CC(=O)c1c(N)nc(C)nc1C(Cl)(Cl)Cl. The molecule has 1 heterocycles.